The number of hydrogen-bond donors (Lipinski definition) is 0. The first-order chi connectivity index (χ1) is 11.3. The van der Waals surface area contributed by atoms with Gasteiger partial charge in [0.15, 0.2) is 5.78 Å². The summed E-state index contributed by atoms with van der Waals surface area (Å²) in [6.45, 7) is 7.01. The summed E-state index contributed by atoms with van der Waals surface area (Å²) in [6.07, 6.45) is 0. The third-order valence-electron chi connectivity index (χ3n) is 3.90. The molecule has 0 heterocycles. The van der Waals surface area contributed by atoms with Crippen molar-refractivity contribution in [3.63, 3.8) is 0 Å². The van der Waals surface area contributed by atoms with Crippen LogP contribution in [-0.2, 0) is 6.54 Å². The van der Waals surface area contributed by atoms with Crippen molar-refractivity contribution in [1.29, 1.82) is 0 Å². The molecule has 0 bridgehead atoms. The summed E-state index contributed by atoms with van der Waals surface area (Å²) in [5, 5.41) is 10.7. The SMILES string of the molecule is CC(C)(C)N(CC(=O)c1ccccc1)Cc1ccc([N+](=O)[O-])cc1. The number of Topliss-reactive ketones (excluding diaryl/α,β-unsaturated/α-hetero) is 1. The van der Waals surface area contributed by atoms with Crippen LogP contribution in [0, 0.1) is 10.1 Å². The Morgan fingerprint density at radius 3 is 2.12 bits per heavy atom. The number of nitro benzene ring substituents is 1. The van der Waals surface area contributed by atoms with E-state index in [9.17, 15) is 14.9 Å². The molecule has 0 fully saturated rings. The van der Waals surface area contributed by atoms with Crippen molar-refractivity contribution in [2.24, 2.45) is 0 Å². The molecule has 2 rings (SSSR count). The second kappa shape index (κ2) is 7.36. The molecule has 0 spiro atoms. The summed E-state index contributed by atoms with van der Waals surface area (Å²) in [6, 6.07) is 15.7. The molecule has 126 valence electrons. The molecule has 0 N–H and O–H groups in total. The Morgan fingerprint density at radius 1 is 1.04 bits per heavy atom. The minimum Gasteiger partial charge on any atom is -0.293 e. The van der Waals surface area contributed by atoms with Gasteiger partial charge in [0.1, 0.15) is 0 Å². The Morgan fingerprint density at radius 2 is 1.62 bits per heavy atom. The lowest BCUT2D eigenvalue weighted by Crippen LogP contribution is -2.43. The second-order valence-electron chi connectivity index (χ2n) is 6.74. The van der Waals surface area contributed by atoms with E-state index < -0.39 is 4.92 Å². The fourth-order valence-electron chi connectivity index (χ4n) is 2.36. The Kier molecular flexibility index (Phi) is 5.46. The van der Waals surface area contributed by atoms with Gasteiger partial charge in [0.25, 0.3) is 5.69 Å². The minimum atomic E-state index is -0.412. The van der Waals surface area contributed by atoms with Crippen LogP contribution in [0.3, 0.4) is 0 Å². The summed E-state index contributed by atoms with van der Waals surface area (Å²) in [7, 11) is 0. The topological polar surface area (TPSA) is 63.5 Å². The number of carbonyl (C=O) groups excluding carboxylic acids is 1. The van der Waals surface area contributed by atoms with E-state index in [4.69, 9.17) is 0 Å². The van der Waals surface area contributed by atoms with Gasteiger partial charge in [0.05, 0.1) is 11.5 Å². The van der Waals surface area contributed by atoms with Crippen molar-refractivity contribution in [1.82, 2.24) is 4.90 Å². The van der Waals surface area contributed by atoms with Gasteiger partial charge in [0, 0.05) is 29.8 Å². The predicted molar refractivity (Wildman–Crippen MR) is 94.0 cm³/mol. The van der Waals surface area contributed by atoms with Crippen molar-refractivity contribution in [3.8, 4) is 0 Å². The lowest BCUT2D eigenvalue weighted by atomic mass is 10.0. The Bertz CT molecular complexity index is 704. The standard InChI is InChI=1S/C19H22N2O3/c1-19(2,3)20(14-18(22)16-7-5-4-6-8-16)13-15-9-11-17(12-10-15)21(23)24/h4-12H,13-14H2,1-3H3. The van der Waals surface area contributed by atoms with Gasteiger partial charge in [-0.15, -0.1) is 0 Å². The van der Waals surface area contributed by atoms with Crippen LogP contribution in [0.15, 0.2) is 54.6 Å². The molecule has 0 saturated heterocycles. The van der Waals surface area contributed by atoms with Crippen LogP contribution < -0.4 is 0 Å². The highest BCUT2D eigenvalue weighted by Crippen LogP contribution is 2.20. The molecule has 0 amide bonds. The molecule has 24 heavy (non-hydrogen) atoms. The fraction of sp³-hybridized carbons (Fsp3) is 0.316. The minimum absolute atomic E-state index is 0.0624. The van der Waals surface area contributed by atoms with Gasteiger partial charge in [-0.2, -0.15) is 0 Å². The summed E-state index contributed by atoms with van der Waals surface area (Å²) in [5.74, 6) is 0.0624. The normalized spacial score (nSPS) is 11.5. The molecule has 2 aromatic rings. The Balaban J connectivity index is 2.14. The largest absolute Gasteiger partial charge is 0.293 e. The van der Waals surface area contributed by atoms with Crippen LogP contribution in [0.4, 0.5) is 5.69 Å². The van der Waals surface area contributed by atoms with Gasteiger partial charge >= 0.3 is 0 Å². The van der Waals surface area contributed by atoms with E-state index in [0.29, 0.717) is 18.7 Å². The summed E-state index contributed by atoms with van der Waals surface area (Å²) in [5.41, 5.74) is 1.50. The van der Waals surface area contributed by atoms with E-state index in [-0.39, 0.29) is 17.0 Å². The van der Waals surface area contributed by atoms with E-state index in [1.807, 2.05) is 30.3 Å². The maximum Gasteiger partial charge on any atom is 0.269 e. The van der Waals surface area contributed by atoms with Crippen LogP contribution in [-0.4, -0.2) is 27.7 Å². The molecule has 0 saturated carbocycles. The average molecular weight is 326 g/mol. The second-order valence-corrected chi connectivity index (χ2v) is 6.74. The molecule has 0 aliphatic heterocycles. The average Bonchev–Trinajstić information content (AvgIpc) is 2.54. The Hall–Kier alpha value is -2.53. The molecular weight excluding hydrogens is 304 g/mol. The van der Waals surface area contributed by atoms with Crippen molar-refractivity contribution >= 4 is 11.5 Å². The molecule has 0 radical (unpaired) electrons. The molecule has 0 unspecified atom stereocenters. The quantitative estimate of drug-likeness (QED) is 0.456. The van der Waals surface area contributed by atoms with E-state index in [1.165, 1.54) is 12.1 Å². The molecular formula is C19H22N2O3. The van der Waals surface area contributed by atoms with Gasteiger partial charge < -0.3 is 0 Å². The van der Waals surface area contributed by atoms with Crippen molar-refractivity contribution in [3.05, 3.63) is 75.8 Å². The maximum atomic E-state index is 12.5. The van der Waals surface area contributed by atoms with Crippen LogP contribution in [0.5, 0.6) is 0 Å². The number of nitrogens with zero attached hydrogens (tertiary/aromatic N) is 2. The van der Waals surface area contributed by atoms with Crippen molar-refractivity contribution in [2.45, 2.75) is 32.9 Å². The lowest BCUT2D eigenvalue weighted by molar-refractivity contribution is -0.384. The number of non-ortho nitro benzene ring substituents is 1. The highest BCUT2D eigenvalue weighted by molar-refractivity contribution is 5.97. The van der Waals surface area contributed by atoms with Gasteiger partial charge in [-0.05, 0) is 26.3 Å². The molecule has 0 aliphatic carbocycles. The monoisotopic (exact) mass is 326 g/mol. The number of nitro groups is 1. The fourth-order valence-corrected chi connectivity index (χ4v) is 2.36. The lowest BCUT2D eigenvalue weighted by Gasteiger charge is -2.35. The Labute approximate surface area is 142 Å². The number of rotatable bonds is 6. The van der Waals surface area contributed by atoms with Crippen LogP contribution in [0.1, 0.15) is 36.7 Å². The van der Waals surface area contributed by atoms with Crippen molar-refractivity contribution < 1.29 is 9.72 Å². The summed E-state index contributed by atoms with van der Waals surface area (Å²) >= 11 is 0. The zero-order valence-corrected chi connectivity index (χ0v) is 14.2. The molecule has 5 nitrogen and oxygen atoms in total. The zero-order chi connectivity index (χ0) is 17.7. The van der Waals surface area contributed by atoms with Crippen LogP contribution in [0.2, 0.25) is 0 Å². The molecule has 0 aliphatic rings. The first-order valence-corrected chi connectivity index (χ1v) is 7.84. The number of hydrogen-bond acceptors (Lipinski definition) is 4. The highest BCUT2D eigenvalue weighted by atomic mass is 16.6. The van der Waals surface area contributed by atoms with Gasteiger partial charge in [-0.3, -0.25) is 19.8 Å². The maximum absolute atomic E-state index is 12.5. The van der Waals surface area contributed by atoms with E-state index in [0.717, 1.165) is 5.56 Å². The summed E-state index contributed by atoms with van der Waals surface area (Å²) < 4.78 is 0. The third-order valence-corrected chi connectivity index (χ3v) is 3.90. The van der Waals surface area contributed by atoms with Gasteiger partial charge in [-0.25, -0.2) is 0 Å². The molecule has 0 atom stereocenters. The zero-order valence-electron chi connectivity index (χ0n) is 14.2. The van der Waals surface area contributed by atoms with E-state index in [2.05, 4.69) is 25.7 Å². The van der Waals surface area contributed by atoms with Crippen LogP contribution in [0.25, 0.3) is 0 Å². The number of ketones is 1. The van der Waals surface area contributed by atoms with Crippen molar-refractivity contribution in [2.75, 3.05) is 6.54 Å². The summed E-state index contributed by atoms with van der Waals surface area (Å²) in [4.78, 5) is 24.9. The number of benzene rings is 2. The first-order valence-electron chi connectivity index (χ1n) is 7.84. The smallest absolute Gasteiger partial charge is 0.269 e. The van der Waals surface area contributed by atoms with Crippen LogP contribution >= 0.6 is 0 Å². The van der Waals surface area contributed by atoms with E-state index in [1.54, 1.807) is 12.1 Å². The predicted octanol–water partition coefficient (Wildman–Crippen LogP) is 4.08. The van der Waals surface area contributed by atoms with Gasteiger partial charge in [0.2, 0.25) is 0 Å². The third kappa shape index (κ3) is 4.73. The highest BCUT2D eigenvalue weighted by Gasteiger charge is 2.24. The number of carbonyl (C=O) groups is 1. The first kappa shape index (κ1) is 17.8. The molecule has 0 aromatic heterocycles. The molecule has 2 aromatic carbocycles. The van der Waals surface area contributed by atoms with Gasteiger partial charge in [-0.1, -0.05) is 42.5 Å². The molecule has 5 heteroatoms. The van der Waals surface area contributed by atoms with E-state index >= 15 is 0 Å².